The van der Waals surface area contributed by atoms with Gasteiger partial charge in [0.2, 0.25) is 5.91 Å². The van der Waals surface area contributed by atoms with E-state index in [4.69, 9.17) is 11.6 Å². The molecule has 1 aromatic heterocycles. The summed E-state index contributed by atoms with van der Waals surface area (Å²) in [5, 5.41) is 2.57. The minimum absolute atomic E-state index is 0.0838. The molecule has 0 aliphatic rings. The number of nitrogens with one attached hydrogen (secondary N) is 1. The lowest BCUT2D eigenvalue weighted by Gasteiger charge is -2.05. The maximum Gasteiger partial charge on any atom is 0.230 e. The highest BCUT2D eigenvalue weighted by atomic mass is 35.5. The molecule has 18 heavy (non-hydrogen) atoms. The molecule has 4 nitrogen and oxygen atoms in total. The largest absolute Gasteiger partial charge is 0.308 e. The summed E-state index contributed by atoms with van der Waals surface area (Å²) in [6, 6.07) is 6.09. The van der Waals surface area contributed by atoms with E-state index in [1.165, 1.54) is 18.5 Å². The number of hydrogen-bond acceptors (Lipinski definition) is 3. The Morgan fingerprint density at radius 1 is 1.28 bits per heavy atom. The summed E-state index contributed by atoms with van der Waals surface area (Å²) in [5.41, 5.74) is 0.315. The summed E-state index contributed by atoms with van der Waals surface area (Å²) in [6.45, 7) is 0. The zero-order chi connectivity index (χ0) is 13.0. The van der Waals surface area contributed by atoms with Gasteiger partial charge in [-0.15, -0.1) is 0 Å². The molecule has 0 atom stereocenters. The Balaban J connectivity index is 2.06. The van der Waals surface area contributed by atoms with Gasteiger partial charge in [-0.3, -0.25) is 4.79 Å². The molecule has 1 amide bonds. The normalized spacial score (nSPS) is 10.1. The third-order valence-corrected chi connectivity index (χ3v) is 2.50. The standard InChI is InChI=1S/C12H9ClFN3O/c13-11-12(16-6-5-15-11)17-10(18)7-8-3-1-2-4-9(8)14/h1-6H,7H2,(H,16,17,18). The molecule has 0 radical (unpaired) electrons. The molecule has 0 aliphatic heterocycles. The van der Waals surface area contributed by atoms with Crippen molar-refractivity contribution in [1.82, 2.24) is 9.97 Å². The minimum atomic E-state index is -0.419. The highest BCUT2D eigenvalue weighted by Gasteiger charge is 2.10. The Labute approximate surface area is 108 Å². The maximum absolute atomic E-state index is 13.3. The van der Waals surface area contributed by atoms with Crippen LogP contribution in [0.15, 0.2) is 36.7 Å². The summed E-state index contributed by atoms with van der Waals surface area (Å²) in [6.07, 6.45) is 2.74. The Morgan fingerprint density at radius 3 is 2.72 bits per heavy atom. The first-order chi connectivity index (χ1) is 8.66. The highest BCUT2D eigenvalue weighted by molar-refractivity contribution is 6.32. The Bertz CT molecular complexity index is 527. The van der Waals surface area contributed by atoms with E-state index in [1.54, 1.807) is 18.2 Å². The van der Waals surface area contributed by atoms with Crippen LogP contribution in [-0.2, 0) is 11.2 Å². The van der Waals surface area contributed by atoms with E-state index in [0.717, 1.165) is 0 Å². The van der Waals surface area contributed by atoms with Crippen LogP contribution in [0.1, 0.15) is 5.56 Å². The van der Waals surface area contributed by atoms with Crippen molar-refractivity contribution in [1.29, 1.82) is 0 Å². The zero-order valence-electron chi connectivity index (χ0n) is 9.23. The summed E-state index contributed by atoms with van der Waals surface area (Å²) < 4.78 is 13.3. The van der Waals surface area contributed by atoms with Crippen molar-refractivity contribution in [2.24, 2.45) is 0 Å². The lowest BCUT2D eigenvalue weighted by molar-refractivity contribution is -0.115. The van der Waals surface area contributed by atoms with Crippen molar-refractivity contribution in [2.75, 3.05) is 5.32 Å². The highest BCUT2D eigenvalue weighted by Crippen LogP contribution is 2.15. The number of anilines is 1. The van der Waals surface area contributed by atoms with Crippen LogP contribution in [0.5, 0.6) is 0 Å². The average Bonchev–Trinajstić information content (AvgIpc) is 2.35. The van der Waals surface area contributed by atoms with Crippen LogP contribution < -0.4 is 5.32 Å². The molecule has 0 fully saturated rings. The number of nitrogens with zero attached hydrogens (tertiary/aromatic N) is 2. The maximum atomic E-state index is 13.3. The monoisotopic (exact) mass is 265 g/mol. The number of carbonyl (C=O) groups excluding carboxylic acids is 1. The lowest BCUT2D eigenvalue weighted by Crippen LogP contribution is -2.16. The number of amides is 1. The number of halogens is 2. The zero-order valence-corrected chi connectivity index (χ0v) is 9.99. The van der Waals surface area contributed by atoms with E-state index in [-0.39, 0.29) is 17.4 Å². The van der Waals surface area contributed by atoms with Crippen molar-refractivity contribution >= 4 is 23.3 Å². The second-order valence-electron chi connectivity index (χ2n) is 3.51. The Kier molecular flexibility index (Phi) is 3.84. The summed E-state index contributed by atoms with van der Waals surface area (Å²) >= 11 is 5.74. The lowest BCUT2D eigenvalue weighted by atomic mass is 10.1. The van der Waals surface area contributed by atoms with E-state index in [0.29, 0.717) is 5.56 Å². The van der Waals surface area contributed by atoms with Gasteiger partial charge in [-0.2, -0.15) is 0 Å². The van der Waals surface area contributed by atoms with Gasteiger partial charge in [0.05, 0.1) is 6.42 Å². The van der Waals surface area contributed by atoms with Crippen LogP contribution in [0.3, 0.4) is 0 Å². The second kappa shape index (κ2) is 5.55. The van der Waals surface area contributed by atoms with Crippen LogP contribution in [-0.4, -0.2) is 15.9 Å². The van der Waals surface area contributed by atoms with E-state index in [9.17, 15) is 9.18 Å². The number of rotatable bonds is 3. The first-order valence-corrected chi connectivity index (χ1v) is 5.54. The number of carbonyl (C=O) groups is 1. The molecule has 0 bridgehead atoms. The molecule has 92 valence electrons. The Morgan fingerprint density at radius 2 is 2.00 bits per heavy atom. The van der Waals surface area contributed by atoms with Crippen LogP contribution in [0, 0.1) is 5.82 Å². The van der Waals surface area contributed by atoms with Crippen LogP contribution in [0.2, 0.25) is 5.15 Å². The van der Waals surface area contributed by atoms with Crippen LogP contribution in [0.25, 0.3) is 0 Å². The Hall–Kier alpha value is -2.01. The SMILES string of the molecule is O=C(Cc1ccccc1F)Nc1nccnc1Cl. The second-order valence-corrected chi connectivity index (χ2v) is 3.87. The van der Waals surface area contributed by atoms with E-state index >= 15 is 0 Å². The molecule has 2 rings (SSSR count). The van der Waals surface area contributed by atoms with Gasteiger partial charge in [0.25, 0.3) is 0 Å². The smallest absolute Gasteiger partial charge is 0.230 e. The summed E-state index contributed by atoms with van der Waals surface area (Å²) in [7, 11) is 0. The number of benzene rings is 1. The predicted octanol–water partition coefficient (Wildman–Crippen LogP) is 2.45. The van der Waals surface area contributed by atoms with Crippen molar-refractivity contribution in [3.05, 3.63) is 53.2 Å². The number of aromatic nitrogens is 2. The van der Waals surface area contributed by atoms with Crippen molar-refractivity contribution in [3.63, 3.8) is 0 Å². The van der Waals surface area contributed by atoms with Crippen molar-refractivity contribution in [2.45, 2.75) is 6.42 Å². The minimum Gasteiger partial charge on any atom is -0.308 e. The summed E-state index contributed by atoms with van der Waals surface area (Å²) in [4.78, 5) is 19.3. The molecular formula is C12H9ClFN3O. The van der Waals surface area contributed by atoms with Gasteiger partial charge in [0, 0.05) is 12.4 Å². The number of hydrogen-bond donors (Lipinski definition) is 1. The van der Waals surface area contributed by atoms with E-state index < -0.39 is 11.7 Å². The quantitative estimate of drug-likeness (QED) is 0.927. The van der Waals surface area contributed by atoms with E-state index in [1.807, 2.05) is 0 Å². The summed E-state index contributed by atoms with van der Waals surface area (Å²) in [5.74, 6) is -0.652. The molecular weight excluding hydrogens is 257 g/mol. The first kappa shape index (κ1) is 12.4. The molecule has 1 aromatic carbocycles. The topological polar surface area (TPSA) is 54.9 Å². The van der Waals surface area contributed by atoms with Gasteiger partial charge in [-0.05, 0) is 11.6 Å². The first-order valence-electron chi connectivity index (χ1n) is 5.16. The van der Waals surface area contributed by atoms with Gasteiger partial charge in [0.1, 0.15) is 5.82 Å². The molecule has 6 heteroatoms. The van der Waals surface area contributed by atoms with Gasteiger partial charge < -0.3 is 5.32 Å². The van der Waals surface area contributed by atoms with Crippen molar-refractivity contribution < 1.29 is 9.18 Å². The molecule has 0 unspecified atom stereocenters. The fraction of sp³-hybridized carbons (Fsp3) is 0.0833. The van der Waals surface area contributed by atoms with Gasteiger partial charge >= 0.3 is 0 Å². The van der Waals surface area contributed by atoms with Crippen molar-refractivity contribution in [3.8, 4) is 0 Å². The molecule has 0 spiro atoms. The van der Waals surface area contributed by atoms with Gasteiger partial charge in [0.15, 0.2) is 11.0 Å². The van der Waals surface area contributed by atoms with Gasteiger partial charge in [-0.1, -0.05) is 29.8 Å². The molecule has 2 aromatic rings. The van der Waals surface area contributed by atoms with Crippen LogP contribution in [0.4, 0.5) is 10.2 Å². The molecule has 0 saturated carbocycles. The molecule has 1 N–H and O–H groups in total. The fourth-order valence-electron chi connectivity index (χ4n) is 1.40. The molecule has 1 heterocycles. The van der Waals surface area contributed by atoms with Gasteiger partial charge in [-0.25, -0.2) is 14.4 Å². The average molecular weight is 266 g/mol. The van der Waals surface area contributed by atoms with Crippen LogP contribution >= 0.6 is 11.6 Å². The van der Waals surface area contributed by atoms with E-state index in [2.05, 4.69) is 15.3 Å². The fourth-order valence-corrected chi connectivity index (χ4v) is 1.55. The third-order valence-electron chi connectivity index (χ3n) is 2.22. The molecule has 0 aliphatic carbocycles. The third kappa shape index (κ3) is 3.01. The predicted molar refractivity (Wildman–Crippen MR) is 65.8 cm³/mol. The molecule has 0 saturated heterocycles.